The number of likely N-dealkylation sites (tertiary alicyclic amines) is 1. The van der Waals surface area contributed by atoms with Crippen molar-refractivity contribution in [2.24, 2.45) is 11.1 Å². The molecular weight excluding hydrogens is 224 g/mol. The van der Waals surface area contributed by atoms with Gasteiger partial charge in [0, 0.05) is 13.1 Å². The second-order valence-corrected chi connectivity index (χ2v) is 4.24. The second kappa shape index (κ2) is 4.82. The van der Waals surface area contributed by atoms with E-state index in [2.05, 4.69) is 5.32 Å². The molecule has 7 heteroatoms. The molecule has 1 unspecified atom stereocenters. The summed E-state index contributed by atoms with van der Waals surface area (Å²) in [6, 6.07) is 1.70. The Morgan fingerprint density at radius 2 is 2.18 bits per heavy atom. The summed E-state index contributed by atoms with van der Waals surface area (Å²) in [4.78, 5) is 35.4. The molecule has 1 atom stereocenters. The van der Waals surface area contributed by atoms with Crippen molar-refractivity contribution in [3.63, 3.8) is 0 Å². The average molecular weight is 238 g/mol. The maximum atomic E-state index is 11.6. The Balaban J connectivity index is 2.60. The van der Waals surface area contributed by atoms with Gasteiger partial charge in [-0.25, -0.2) is 0 Å². The van der Waals surface area contributed by atoms with Gasteiger partial charge in [0.1, 0.15) is 6.54 Å². The number of rotatable bonds is 2. The van der Waals surface area contributed by atoms with Gasteiger partial charge in [0.15, 0.2) is 0 Å². The molecule has 0 aliphatic carbocycles. The lowest BCUT2D eigenvalue weighted by Gasteiger charge is -2.20. The molecule has 1 heterocycles. The minimum Gasteiger partial charge on any atom is -0.369 e. The molecule has 0 spiro atoms. The molecule has 0 aromatic heterocycles. The monoisotopic (exact) mass is 238 g/mol. The van der Waals surface area contributed by atoms with Crippen LogP contribution in [0.5, 0.6) is 0 Å². The molecule has 0 saturated carbocycles. The number of hydrogen-bond acceptors (Lipinski definition) is 4. The van der Waals surface area contributed by atoms with Crippen molar-refractivity contribution >= 4 is 17.7 Å². The summed E-state index contributed by atoms with van der Waals surface area (Å²) in [6.07, 6.45) is 0.444. The standard InChI is InChI=1S/C10H14N4O3/c1-10(9(12)17)2-5-14(6-10)8(16)7(15)13-4-3-11/h2,4-6H2,1H3,(H2,12,17)(H,13,15). The molecule has 17 heavy (non-hydrogen) atoms. The van der Waals surface area contributed by atoms with Crippen LogP contribution >= 0.6 is 0 Å². The minimum absolute atomic E-state index is 0.140. The van der Waals surface area contributed by atoms with Crippen LogP contribution in [0.2, 0.25) is 0 Å². The van der Waals surface area contributed by atoms with Gasteiger partial charge in [0.2, 0.25) is 5.91 Å². The molecular formula is C10H14N4O3. The van der Waals surface area contributed by atoms with Gasteiger partial charge in [-0.1, -0.05) is 0 Å². The number of amides is 3. The number of primary amides is 1. The zero-order chi connectivity index (χ0) is 13.1. The quantitative estimate of drug-likeness (QED) is 0.442. The van der Waals surface area contributed by atoms with Gasteiger partial charge in [-0.15, -0.1) is 0 Å². The van der Waals surface area contributed by atoms with E-state index in [1.807, 2.05) is 0 Å². The molecule has 0 bridgehead atoms. The summed E-state index contributed by atoms with van der Waals surface area (Å²) in [7, 11) is 0. The second-order valence-electron chi connectivity index (χ2n) is 4.24. The van der Waals surface area contributed by atoms with Gasteiger partial charge in [-0.2, -0.15) is 5.26 Å². The summed E-state index contributed by atoms with van der Waals surface area (Å²) in [5.41, 5.74) is 4.46. The summed E-state index contributed by atoms with van der Waals surface area (Å²) in [5, 5.41) is 10.4. The maximum absolute atomic E-state index is 11.6. The van der Waals surface area contributed by atoms with E-state index in [0.29, 0.717) is 13.0 Å². The van der Waals surface area contributed by atoms with Crippen molar-refractivity contribution in [1.29, 1.82) is 5.26 Å². The van der Waals surface area contributed by atoms with E-state index in [9.17, 15) is 14.4 Å². The van der Waals surface area contributed by atoms with Crippen LogP contribution in [-0.4, -0.2) is 42.3 Å². The smallest absolute Gasteiger partial charge is 0.311 e. The highest BCUT2D eigenvalue weighted by molar-refractivity contribution is 6.35. The highest BCUT2D eigenvalue weighted by Crippen LogP contribution is 2.29. The van der Waals surface area contributed by atoms with Crippen LogP contribution in [0.25, 0.3) is 0 Å². The largest absolute Gasteiger partial charge is 0.369 e. The van der Waals surface area contributed by atoms with Crippen LogP contribution in [0.3, 0.4) is 0 Å². The third kappa shape index (κ3) is 2.72. The number of nitrogens with zero attached hydrogens (tertiary/aromatic N) is 2. The van der Waals surface area contributed by atoms with Crippen molar-refractivity contribution in [1.82, 2.24) is 10.2 Å². The third-order valence-corrected chi connectivity index (χ3v) is 2.88. The first kappa shape index (κ1) is 13.0. The summed E-state index contributed by atoms with van der Waals surface area (Å²) in [6.45, 7) is 1.90. The molecule has 0 aromatic carbocycles. The van der Waals surface area contributed by atoms with Gasteiger partial charge >= 0.3 is 11.8 Å². The number of nitriles is 1. The lowest BCUT2D eigenvalue weighted by atomic mass is 9.89. The fourth-order valence-electron chi connectivity index (χ4n) is 1.67. The van der Waals surface area contributed by atoms with E-state index in [-0.39, 0.29) is 13.1 Å². The Morgan fingerprint density at radius 3 is 2.65 bits per heavy atom. The molecule has 3 N–H and O–H groups in total. The topological polar surface area (TPSA) is 116 Å². The maximum Gasteiger partial charge on any atom is 0.311 e. The van der Waals surface area contributed by atoms with Gasteiger partial charge < -0.3 is 16.0 Å². The first-order chi connectivity index (χ1) is 7.90. The van der Waals surface area contributed by atoms with Crippen LogP contribution in [0.15, 0.2) is 0 Å². The SMILES string of the molecule is CC1(C(N)=O)CCN(C(=O)C(=O)NCC#N)C1. The highest BCUT2D eigenvalue weighted by Gasteiger charge is 2.41. The third-order valence-electron chi connectivity index (χ3n) is 2.88. The summed E-state index contributed by atoms with van der Waals surface area (Å²) >= 11 is 0. The highest BCUT2D eigenvalue weighted by atomic mass is 16.2. The van der Waals surface area contributed by atoms with E-state index in [4.69, 9.17) is 11.0 Å². The van der Waals surface area contributed by atoms with Crippen LogP contribution < -0.4 is 11.1 Å². The van der Waals surface area contributed by atoms with E-state index >= 15 is 0 Å². The van der Waals surface area contributed by atoms with Gasteiger partial charge in [-0.05, 0) is 13.3 Å². The van der Waals surface area contributed by atoms with Gasteiger partial charge in [0.25, 0.3) is 0 Å². The molecule has 0 radical (unpaired) electrons. The molecule has 1 aliphatic heterocycles. The van der Waals surface area contributed by atoms with Gasteiger partial charge in [-0.3, -0.25) is 14.4 Å². The lowest BCUT2D eigenvalue weighted by molar-refractivity contribution is -0.145. The first-order valence-electron chi connectivity index (χ1n) is 5.14. The first-order valence-corrected chi connectivity index (χ1v) is 5.14. The normalized spacial score (nSPS) is 22.9. The molecule has 3 amide bonds. The fourth-order valence-corrected chi connectivity index (χ4v) is 1.67. The summed E-state index contributed by atoms with van der Waals surface area (Å²) in [5.74, 6) is -2.05. The molecule has 1 saturated heterocycles. The van der Waals surface area contributed by atoms with Crippen molar-refractivity contribution in [2.75, 3.05) is 19.6 Å². The van der Waals surface area contributed by atoms with E-state index < -0.39 is 23.1 Å². The van der Waals surface area contributed by atoms with Crippen LogP contribution in [0.4, 0.5) is 0 Å². The Hall–Kier alpha value is -2.10. The molecule has 0 aromatic rings. The number of nitrogens with two attached hydrogens (primary N) is 1. The molecule has 1 fully saturated rings. The van der Waals surface area contributed by atoms with Crippen LogP contribution in [0, 0.1) is 16.7 Å². The minimum atomic E-state index is -0.833. The van der Waals surface area contributed by atoms with E-state index in [1.54, 1.807) is 13.0 Å². The Bertz CT molecular complexity index is 401. The summed E-state index contributed by atoms with van der Waals surface area (Å²) < 4.78 is 0. The number of carbonyl (C=O) groups excluding carboxylic acids is 3. The van der Waals surface area contributed by atoms with Crippen molar-refractivity contribution in [2.45, 2.75) is 13.3 Å². The van der Waals surface area contributed by atoms with Crippen molar-refractivity contribution in [3.05, 3.63) is 0 Å². The molecule has 1 rings (SSSR count). The predicted molar refractivity (Wildman–Crippen MR) is 57.1 cm³/mol. The predicted octanol–water partition coefficient (Wildman–Crippen LogP) is -1.65. The zero-order valence-corrected chi connectivity index (χ0v) is 9.52. The molecule has 1 aliphatic rings. The van der Waals surface area contributed by atoms with Crippen molar-refractivity contribution in [3.8, 4) is 6.07 Å². The Kier molecular flexibility index (Phi) is 3.68. The van der Waals surface area contributed by atoms with Crippen molar-refractivity contribution < 1.29 is 14.4 Å². The zero-order valence-electron chi connectivity index (χ0n) is 9.52. The fraction of sp³-hybridized carbons (Fsp3) is 0.600. The number of hydrogen-bond donors (Lipinski definition) is 2. The van der Waals surface area contributed by atoms with Crippen LogP contribution in [0.1, 0.15) is 13.3 Å². The number of nitrogens with one attached hydrogen (secondary N) is 1. The molecule has 92 valence electrons. The lowest BCUT2D eigenvalue weighted by Crippen LogP contribution is -2.44. The Labute approximate surface area is 98.5 Å². The Morgan fingerprint density at radius 1 is 1.53 bits per heavy atom. The van der Waals surface area contributed by atoms with E-state index in [1.165, 1.54) is 4.90 Å². The van der Waals surface area contributed by atoms with Crippen LogP contribution in [-0.2, 0) is 14.4 Å². The van der Waals surface area contributed by atoms with Gasteiger partial charge in [0.05, 0.1) is 11.5 Å². The number of carbonyl (C=O) groups is 3. The average Bonchev–Trinajstić information content (AvgIpc) is 2.69. The van der Waals surface area contributed by atoms with E-state index in [0.717, 1.165) is 0 Å². The molecule has 7 nitrogen and oxygen atoms in total.